The molecule has 0 spiro atoms. The number of carbonyl (C=O) groups excluding carboxylic acids is 1. The summed E-state index contributed by atoms with van der Waals surface area (Å²) < 4.78 is 11.1. The lowest BCUT2D eigenvalue weighted by molar-refractivity contribution is -0.148. The van der Waals surface area contributed by atoms with E-state index in [0.717, 1.165) is 58.0 Å². The van der Waals surface area contributed by atoms with Crippen LogP contribution in [0.15, 0.2) is 24.3 Å². The van der Waals surface area contributed by atoms with E-state index in [2.05, 4.69) is 28.5 Å². The fourth-order valence-electron chi connectivity index (χ4n) is 4.09. The molecule has 1 aromatic carbocycles. The first-order valence-corrected chi connectivity index (χ1v) is 10.5. The van der Waals surface area contributed by atoms with Gasteiger partial charge in [0.25, 0.3) is 0 Å². The molecule has 2 aliphatic rings. The van der Waals surface area contributed by atoms with Crippen LogP contribution in [0.1, 0.15) is 25.5 Å². The maximum absolute atomic E-state index is 12.5. The zero-order chi connectivity index (χ0) is 20.1. The van der Waals surface area contributed by atoms with Crippen molar-refractivity contribution in [2.45, 2.75) is 32.0 Å². The van der Waals surface area contributed by atoms with Crippen LogP contribution >= 0.6 is 11.6 Å². The molecule has 156 valence electrons. The second kappa shape index (κ2) is 10.0. The highest BCUT2D eigenvalue weighted by atomic mass is 35.5. The normalized spacial score (nSPS) is 23.7. The molecule has 2 aliphatic heterocycles. The number of carbonyl (C=O) groups is 1. The number of benzene rings is 1. The molecule has 0 saturated carbocycles. The van der Waals surface area contributed by atoms with Crippen molar-refractivity contribution in [3.8, 4) is 0 Å². The van der Waals surface area contributed by atoms with E-state index in [9.17, 15) is 4.79 Å². The van der Waals surface area contributed by atoms with Gasteiger partial charge >= 0.3 is 5.97 Å². The van der Waals surface area contributed by atoms with Gasteiger partial charge in [0.2, 0.25) is 0 Å². The van der Waals surface area contributed by atoms with Crippen LogP contribution in [0.4, 0.5) is 0 Å². The Morgan fingerprint density at radius 1 is 1.18 bits per heavy atom. The highest BCUT2D eigenvalue weighted by molar-refractivity contribution is 6.31. The minimum absolute atomic E-state index is 0.252. The molecular formula is C21H32ClN3O3. The van der Waals surface area contributed by atoms with Gasteiger partial charge in [0, 0.05) is 56.9 Å². The molecule has 2 atom stereocenters. The largest absolute Gasteiger partial charge is 0.468 e. The first-order valence-electron chi connectivity index (χ1n) is 10.1. The predicted molar refractivity (Wildman–Crippen MR) is 111 cm³/mol. The number of methoxy groups -OCH3 is 1. The number of hydrogen-bond donors (Lipinski definition) is 0. The number of esters is 1. The molecular weight excluding hydrogens is 378 g/mol. The van der Waals surface area contributed by atoms with Crippen LogP contribution < -0.4 is 0 Å². The standard InChI is InChI=1S/C21H32ClN3O3/c1-16(2)25-12-13-28-17(15-25)14-23-8-10-24(11-9-23)20(21(26)27-3)18-6-4-5-7-19(18)22/h4-7,16-17,20H,8-15H2,1-3H3. The molecule has 0 amide bonds. The molecule has 0 radical (unpaired) electrons. The predicted octanol–water partition coefficient (Wildman–Crippen LogP) is 2.28. The molecule has 2 heterocycles. The van der Waals surface area contributed by atoms with Crippen LogP contribution in [0.2, 0.25) is 5.02 Å². The first-order chi connectivity index (χ1) is 13.5. The molecule has 0 aromatic heterocycles. The average molecular weight is 410 g/mol. The minimum atomic E-state index is -0.455. The fourth-order valence-corrected chi connectivity index (χ4v) is 4.33. The Hall–Kier alpha value is -1.18. The number of hydrogen-bond acceptors (Lipinski definition) is 6. The van der Waals surface area contributed by atoms with E-state index in [0.29, 0.717) is 11.1 Å². The smallest absolute Gasteiger partial charge is 0.327 e. The van der Waals surface area contributed by atoms with E-state index in [-0.39, 0.29) is 12.1 Å². The van der Waals surface area contributed by atoms with Gasteiger partial charge in [0.1, 0.15) is 6.04 Å². The molecule has 0 bridgehead atoms. The second-order valence-electron chi connectivity index (χ2n) is 7.87. The van der Waals surface area contributed by atoms with E-state index in [4.69, 9.17) is 21.1 Å². The Labute approximate surface area is 173 Å². The maximum atomic E-state index is 12.5. The van der Waals surface area contributed by atoms with Crippen LogP contribution in [0.25, 0.3) is 0 Å². The van der Waals surface area contributed by atoms with Gasteiger partial charge in [-0.1, -0.05) is 29.8 Å². The molecule has 0 aliphatic carbocycles. The Balaban J connectivity index is 1.58. The van der Waals surface area contributed by atoms with Crippen molar-refractivity contribution in [1.82, 2.24) is 14.7 Å². The minimum Gasteiger partial charge on any atom is -0.468 e. The van der Waals surface area contributed by atoms with Crippen molar-refractivity contribution in [3.05, 3.63) is 34.9 Å². The Morgan fingerprint density at radius 3 is 2.54 bits per heavy atom. The third-order valence-corrected chi connectivity index (χ3v) is 6.10. The fraction of sp³-hybridized carbons (Fsp3) is 0.667. The summed E-state index contributed by atoms with van der Waals surface area (Å²) in [5.74, 6) is -0.260. The van der Waals surface area contributed by atoms with Gasteiger partial charge in [0.15, 0.2) is 0 Å². The highest BCUT2D eigenvalue weighted by Gasteiger charge is 2.33. The van der Waals surface area contributed by atoms with Crippen molar-refractivity contribution in [1.29, 1.82) is 0 Å². The zero-order valence-corrected chi connectivity index (χ0v) is 17.9. The molecule has 3 rings (SSSR count). The Morgan fingerprint density at radius 2 is 1.89 bits per heavy atom. The van der Waals surface area contributed by atoms with Gasteiger partial charge in [-0.3, -0.25) is 14.7 Å². The van der Waals surface area contributed by atoms with Gasteiger partial charge in [0.05, 0.1) is 19.8 Å². The lowest BCUT2D eigenvalue weighted by Gasteiger charge is -2.41. The van der Waals surface area contributed by atoms with Gasteiger partial charge in [-0.05, 0) is 25.5 Å². The first kappa shape index (κ1) is 21.5. The average Bonchev–Trinajstić information content (AvgIpc) is 2.71. The van der Waals surface area contributed by atoms with E-state index < -0.39 is 6.04 Å². The van der Waals surface area contributed by atoms with Gasteiger partial charge in [-0.2, -0.15) is 0 Å². The Kier molecular flexibility index (Phi) is 7.71. The van der Waals surface area contributed by atoms with Crippen molar-refractivity contribution in [2.24, 2.45) is 0 Å². The van der Waals surface area contributed by atoms with Crippen LogP contribution in [0.5, 0.6) is 0 Å². The molecule has 2 fully saturated rings. The summed E-state index contributed by atoms with van der Waals surface area (Å²) in [6.45, 7) is 11.6. The number of rotatable bonds is 6. The summed E-state index contributed by atoms with van der Waals surface area (Å²) in [6.07, 6.45) is 0.252. The van der Waals surface area contributed by atoms with Crippen LogP contribution in [0, 0.1) is 0 Å². The lowest BCUT2D eigenvalue weighted by atomic mass is 10.0. The van der Waals surface area contributed by atoms with Gasteiger partial charge in [-0.15, -0.1) is 0 Å². The maximum Gasteiger partial charge on any atom is 0.327 e. The molecule has 0 N–H and O–H groups in total. The van der Waals surface area contributed by atoms with E-state index in [1.54, 1.807) is 0 Å². The number of piperazine rings is 1. The molecule has 1 aromatic rings. The molecule has 2 saturated heterocycles. The van der Waals surface area contributed by atoms with Crippen molar-refractivity contribution < 1.29 is 14.3 Å². The summed E-state index contributed by atoms with van der Waals surface area (Å²) >= 11 is 6.37. The Bertz CT molecular complexity index is 650. The molecule has 6 nitrogen and oxygen atoms in total. The number of halogens is 1. The summed E-state index contributed by atoms with van der Waals surface area (Å²) in [5.41, 5.74) is 0.813. The summed E-state index contributed by atoms with van der Waals surface area (Å²) in [7, 11) is 1.43. The lowest BCUT2D eigenvalue weighted by Crippen LogP contribution is -2.54. The monoisotopic (exact) mass is 409 g/mol. The number of nitrogens with zero attached hydrogens (tertiary/aromatic N) is 3. The topological polar surface area (TPSA) is 45.2 Å². The van der Waals surface area contributed by atoms with Crippen molar-refractivity contribution in [3.63, 3.8) is 0 Å². The number of ether oxygens (including phenoxy) is 2. The number of morpholine rings is 1. The van der Waals surface area contributed by atoms with E-state index in [1.807, 2.05) is 24.3 Å². The van der Waals surface area contributed by atoms with E-state index in [1.165, 1.54) is 7.11 Å². The van der Waals surface area contributed by atoms with Crippen LogP contribution in [-0.2, 0) is 14.3 Å². The molecule has 28 heavy (non-hydrogen) atoms. The highest BCUT2D eigenvalue weighted by Crippen LogP contribution is 2.29. The molecule has 2 unspecified atom stereocenters. The molecule has 7 heteroatoms. The quantitative estimate of drug-likeness (QED) is 0.672. The van der Waals surface area contributed by atoms with Gasteiger partial charge in [-0.25, -0.2) is 4.79 Å². The van der Waals surface area contributed by atoms with Crippen LogP contribution in [-0.4, -0.2) is 92.3 Å². The second-order valence-corrected chi connectivity index (χ2v) is 8.27. The van der Waals surface area contributed by atoms with Gasteiger partial charge < -0.3 is 9.47 Å². The SMILES string of the molecule is COC(=O)C(c1ccccc1Cl)N1CCN(CC2CN(C(C)C)CCO2)CC1. The summed E-state index contributed by atoms with van der Waals surface area (Å²) in [4.78, 5) is 19.6. The van der Waals surface area contributed by atoms with Crippen LogP contribution in [0.3, 0.4) is 0 Å². The zero-order valence-electron chi connectivity index (χ0n) is 17.1. The van der Waals surface area contributed by atoms with E-state index >= 15 is 0 Å². The third kappa shape index (κ3) is 5.24. The van der Waals surface area contributed by atoms with Crippen molar-refractivity contribution in [2.75, 3.05) is 59.5 Å². The van der Waals surface area contributed by atoms with Crippen molar-refractivity contribution >= 4 is 17.6 Å². The summed E-state index contributed by atoms with van der Waals surface area (Å²) in [6, 6.07) is 7.62. The summed E-state index contributed by atoms with van der Waals surface area (Å²) in [5, 5.41) is 0.602. The third-order valence-electron chi connectivity index (χ3n) is 5.76.